The Morgan fingerprint density at radius 1 is 1.28 bits per heavy atom. The number of aryl methyl sites for hydroxylation is 3. The quantitative estimate of drug-likeness (QED) is 0.695. The summed E-state index contributed by atoms with van der Waals surface area (Å²) < 4.78 is 9.08. The van der Waals surface area contributed by atoms with Crippen molar-refractivity contribution in [2.75, 3.05) is 19.7 Å². The Morgan fingerprint density at radius 2 is 2.03 bits per heavy atom. The highest BCUT2D eigenvalue weighted by molar-refractivity contribution is 6.01. The molecule has 2 amide bonds. The van der Waals surface area contributed by atoms with Crippen molar-refractivity contribution in [1.82, 2.24) is 29.6 Å². The molecule has 4 heterocycles. The number of rotatable bonds is 5. The van der Waals surface area contributed by atoms with Crippen LogP contribution in [0.1, 0.15) is 27.3 Å². The van der Waals surface area contributed by atoms with E-state index in [4.69, 9.17) is 4.74 Å². The van der Waals surface area contributed by atoms with E-state index in [-0.39, 0.29) is 24.5 Å². The van der Waals surface area contributed by atoms with E-state index >= 15 is 0 Å². The second-order valence-electron chi connectivity index (χ2n) is 7.47. The standard InChI is InChI=1S/C20H24N6O3/c1-12-5-6-26-17(7-12)16(8-21-26)20(28)22-15-9-25(10-15)18(27)11-29-19-13(2)23-24(4)14(19)3/h5-8,15H,9-11H2,1-4H3,(H,22,28). The first-order valence-electron chi connectivity index (χ1n) is 9.49. The summed E-state index contributed by atoms with van der Waals surface area (Å²) in [5.41, 5.74) is 4.00. The number of ether oxygens (including phenoxy) is 1. The molecule has 1 fully saturated rings. The predicted octanol–water partition coefficient (Wildman–Crippen LogP) is 1.01. The highest BCUT2D eigenvalue weighted by Gasteiger charge is 2.32. The number of carbonyl (C=O) groups is 2. The zero-order valence-electron chi connectivity index (χ0n) is 17.0. The third-order valence-electron chi connectivity index (χ3n) is 5.27. The number of amides is 2. The van der Waals surface area contributed by atoms with Crippen molar-refractivity contribution in [3.63, 3.8) is 0 Å². The average Bonchev–Trinajstić information content (AvgIpc) is 3.16. The Kier molecular flexibility index (Phi) is 4.73. The van der Waals surface area contributed by atoms with Crippen molar-refractivity contribution in [1.29, 1.82) is 0 Å². The van der Waals surface area contributed by atoms with E-state index in [2.05, 4.69) is 15.5 Å². The average molecular weight is 396 g/mol. The molecular formula is C20H24N6O3. The Balaban J connectivity index is 1.30. The Labute approximate surface area is 168 Å². The van der Waals surface area contributed by atoms with Gasteiger partial charge in [-0.05, 0) is 38.5 Å². The minimum Gasteiger partial charge on any atom is -0.480 e. The lowest BCUT2D eigenvalue weighted by molar-refractivity contribution is -0.138. The zero-order valence-corrected chi connectivity index (χ0v) is 17.0. The number of fused-ring (bicyclic) bond motifs is 1. The normalized spacial score (nSPS) is 14.1. The van der Waals surface area contributed by atoms with Gasteiger partial charge in [0.2, 0.25) is 0 Å². The third-order valence-corrected chi connectivity index (χ3v) is 5.27. The first kappa shape index (κ1) is 19.0. The molecule has 3 aromatic rings. The molecule has 3 aromatic heterocycles. The fourth-order valence-corrected chi connectivity index (χ4v) is 3.49. The Hall–Kier alpha value is -3.36. The van der Waals surface area contributed by atoms with Gasteiger partial charge in [0.25, 0.3) is 11.8 Å². The van der Waals surface area contributed by atoms with Crippen LogP contribution in [0.3, 0.4) is 0 Å². The first-order valence-corrected chi connectivity index (χ1v) is 9.49. The van der Waals surface area contributed by atoms with Crippen LogP contribution < -0.4 is 10.1 Å². The molecule has 0 aliphatic carbocycles. The summed E-state index contributed by atoms with van der Waals surface area (Å²) in [6.07, 6.45) is 3.40. The van der Waals surface area contributed by atoms with Crippen molar-refractivity contribution in [2.24, 2.45) is 7.05 Å². The molecular weight excluding hydrogens is 372 g/mol. The van der Waals surface area contributed by atoms with Gasteiger partial charge in [0.05, 0.1) is 29.0 Å². The van der Waals surface area contributed by atoms with E-state index < -0.39 is 0 Å². The fourth-order valence-electron chi connectivity index (χ4n) is 3.49. The van der Waals surface area contributed by atoms with Crippen molar-refractivity contribution < 1.29 is 14.3 Å². The monoisotopic (exact) mass is 396 g/mol. The molecule has 1 aliphatic rings. The summed E-state index contributed by atoms with van der Waals surface area (Å²) in [6, 6.07) is 3.79. The maximum absolute atomic E-state index is 12.6. The van der Waals surface area contributed by atoms with Gasteiger partial charge in [-0.25, -0.2) is 4.52 Å². The molecule has 0 spiro atoms. The smallest absolute Gasteiger partial charge is 0.260 e. The maximum atomic E-state index is 12.6. The lowest BCUT2D eigenvalue weighted by Gasteiger charge is -2.39. The summed E-state index contributed by atoms with van der Waals surface area (Å²) in [5.74, 6) is 0.361. The number of hydrogen-bond donors (Lipinski definition) is 1. The molecule has 0 bridgehead atoms. The van der Waals surface area contributed by atoms with Crippen LogP contribution in [0.5, 0.6) is 5.75 Å². The molecule has 1 N–H and O–H groups in total. The van der Waals surface area contributed by atoms with Gasteiger partial charge in [-0.3, -0.25) is 14.3 Å². The van der Waals surface area contributed by atoms with Crippen LogP contribution >= 0.6 is 0 Å². The minimum atomic E-state index is -0.180. The molecule has 1 aliphatic heterocycles. The van der Waals surface area contributed by atoms with Gasteiger partial charge in [0.1, 0.15) is 5.69 Å². The van der Waals surface area contributed by atoms with Crippen molar-refractivity contribution in [2.45, 2.75) is 26.8 Å². The molecule has 9 heteroatoms. The topological polar surface area (TPSA) is 93.8 Å². The van der Waals surface area contributed by atoms with Gasteiger partial charge < -0.3 is 15.0 Å². The fraction of sp³-hybridized carbons (Fsp3) is 0.400. The Bertz CT molecular complexity index is 1090. The lowest BCUT2D eigenvalue weighted by atomic mass is 10.1. The first-order chi connectivity index (χ1) is 13.8. The molecule has 0 aromatic carbocycles. The van der Waals surface area contributed by atoms with Crippen LogP contribution in [0.25, 0.3) is 5.52 Å². The van der Waals surface area contributed by atoms with Gasteiger partial charge >= 0.3 is 0 Å². The van der Waals surface area contributed by atoms with Crippen LogP contribution in [0.4, 0.5) is 0 Å². The maximum Gasteiger partial charge on any atom is 0.260 e. The van der Waals surface area contributed by atoms with E-state index in [1.807, 2.05) is 46.1 Å². The van der Waals surface area contributed by atoms with E-state index in [0.29, 0.717) is 24.4 Å². The molecule has 0 unspecified atom stereocenters. The van der Waals surface area contributed by atoms with Gasteiger partial charge in [-0.1, -0.05) is 0 Å². The molecule has 0 atom stereocenters. The van der Waals surface area contributed by atoms with Crippen LogP contribution in [0.15, 0.2) is 24.5 Å². The van der Waals surface area contributed by atoms with E-state index in [0.717, 1.165) is 22.5 Å². The summed E-state index contributed by atoms with van der Waals surface area (Å²) in [5, 5.41) is 11.5. The Morgan fingerprint density at radius 3 is 2.72 bits per heavy atom. The van der Waals surface area contributed by atoms with Crippen LogP contribution in [0, 0.1) is 20.8 Å². The van der Waals surface area contributed by atoms with Gasteiger partial charge in [-0.15, -0.1) is 0 Å². The number of nitrogens with zero attached hydrogens (tertiary/aromatic N) is 5. The van der Waals surface area contributed by atoms with Crippen molar-refractivity contribution in [3.8, 4) is 5.75 Å². The second-order valence-corrected chi connectivity index (χ2v) is 7.47. The number of nitrogens with one attached hydrogen (secondary N) is 1. The molecule has 1 saturated heterocycles. The van der Waals surface area contributed by atoms with Crippen LogP contribution in [-0.2, 0) is 11.8 Å². The summed E-state index contributed by atoms with van der Waals surface area (Å²) in [6.45, 7) is 6.62. The van der Waals surface area contributed by atoms with Crippen LogP contribution in [-0.4, -0.2) is 61.8 Å². The highest BCUT2D eigenvalue weighted by atomic mass is 16.5. The number of aromatic nitrogens is 4. The van der Waals surface area contributed by atoms with Crippen molar-refractivity contribution >= 4 is 17.3 Å². The highest BCUT2D eigenvalue weighted by Crippen LogP contribution is 2.21. The van der Waals surface area contributed by atoms with Gasteiger partial charge in [0.15, 0.2) is 12.4 Å². The van der Waals surface area contributed by atoms with E-state index in [9.17, 15) is 9.59 Å². The molecule has 0 radical (unpaired) electrons. The lowest BCUT2D eigenvalue weighted by Crippen LogP contribution is -2.61. The number of carbonyl (C=O) groups excluding carboxylic acids is 2. The number of hydrogen-bond acceptors (Lipinski definition) is 5. The summed E-state index contributed by atoms with van der Waals surface area (Å²) >= 11 is 0. The number of likely N-dealkylation sites (tertiary alicyclic amines) is 1. The van der Waals surface area contributed by atoms with E-state index in [1.54, 1.807) is 20.3 Å². The summed E-state index contributed by atoms with van der Waals surface area (Å²) in [4.78, 5) is 26.6. The van der Waals surface area contributed by atoms with Crippen molar-refractivity contribution in [3.05, 3.63) is 47.0 Å². The van der Waals surface area contributed by atoms with Gasteiger partial charge in [0, 0.05) is 26.3 Å². The second kappa shape index (κ2) is 7.23. The SMILES string of the molecule is Cc1ccn2ncc(C(=O)NC3CN(C(=O)COc4c(C)nn(C)c4C)C3)c2c1. The van der Waals surface area contributed by atoms with Crippen LogP contribution in [0.2, 0.25) is 0 Å². The molecule has 4 rings (SSSR count). The predicted molar refractivity (Wildman–Crippen MR) is 106 cm³/mol. The van der Waals surface area contributed by atoms with E-state index in [1.165, 1.54) is 0 Å². The molecule has 0 saturated carbocycles. The minimum absolute atomic E-state index is 0.0403. The summed E-state index contributed by atoms with van der Waals surface area (Å²) in [7, 11) is 1.84. The number of pyridine rings is 1. The largest absolute Gasteiger partial charge is 0.480 e. The van der Waals surface area contributed by atoms with Gasteiger partial charge in [-0.2, -0.15) is 10.2 Å². The third kappa shape index (κ3) is 3.55. The molecule has 9 nitrogen and oxygen atoms in total. The zero-order chi connectivity index (χ0) is 20.7. The molecule has 29 heavy (non-hydrogen) atoms. The molecule has 152 valence electrons.